The Kier molecular flexibility index (Phi) is 3.94. The fourth-order valence-corrected chi connectivity index (χ4v) is 0.712. The minimum atomic E-state index is -0.253. The summed E-state index contributed by atoms with van der Waals surface area (Å²) in [5.74, 6) is -0.253. The summed E-state index contributed by atoms with van der Waals surface area (Å²) in [6.45, 7) is 0.764. The Bertz CT molecular complexity index is 247. The molecule has 1 aromatic rings. The molecular formula is C7H11N3O3. The minimum absolute atomic E-state index is 0.0115. The van der Waals surface area contributed by atoms with Crippen LogP contribution in [0.5, 0.6) is 0 Å². The molecule has 1 rings (SSSR count). The Hall–Kier alpha value is -1.40. The average Bonchev–Trinajstić information content (AvgIpc) is 2.57. The zero-order valence-electron chi connectivity index (χ0n) is 7.03. The summed E-state index contributed by atoms with van der Waals surface area (Å²) < 4.78 is 9.42. The van der Waals surface area contributed by atoms with Crippen molar-refractivity contribution in [3.05, 3.63) is 12.5 Å². The van der Waals surface area contributed by atoms with E-state index in [1.54, 1.807) is 0 Å². The largest absolute Gasteiger partial charge is 0.370 e. The third kappa shape index (κ3) is 3.68. The fourth-order valence-electron chi connectivity index (χ4n) is 0.712. The molecule has 6 nitrogen and oxygen atoms in total. The molecule has 1 heterocycles. The van der Waals surface area contributed by atoms with E-state index in [1.807, 2.05) is 0 Å². The van der Waals surface area contributed by atoms with Crippen molar-refractivity contribution in [3.8, 4) is 0 Å². The number of nitrogens with zero attached hydrogens (tertiary/aromatic N) is 1. The van der Waals surface area contributed by atoms with Crippen molar-refractivity contribution in [1.29, 1.82) is 0 Å². The van der Waals surface area contributed by atoms with E-state index in [-0.39, 0.29) is 12.5 Å². The number of nitrogens with one attached hydrogen (secondary N) is 1. The van der Waals surface area contributed by atoms with Crippen molar-refractivity contribution in [2.75, 3.05) is 25.1 Å². The Morgan fingerprint density at radius 3 is 3.23 bits per heavy atom. The van der Waals surface area contributed by atoms with Gasteiger partial charge in [0, 0.05) is 6.54 Å². The van der Waals surface area contributed by atoms with Gasteiger partial charge in [0.1, 0.15) is 18.6 Å². The van der Waals surface area contributed by atoms with Gasteiger partial charge in [-0.1, -0.05) is 5.16 Å². The van der Waals surface area contributed by atoms with Gasteiger partial charge in [-0.15, -0.1) is 0 Å². The number of rotatable bonds is 5. The van der Waals surface area contributed by atoms with Crippen LogP contribution in [-0.2, 0) is 9.53 Å². The molecule has 0 atom stereocenters. The Balaban J connectivity index is 2.18. The molecule has 0 aliphatic rings. The van der Waals surface area contributed by atoms with E-state index in [4.69, 9.17) is 10.5 Å². The predicted molar refractivity (Wildman–Crippen MR) is 45.0 cm³/mol. The monoisotopic (exact) mass is 185 g/mol. The summed E-state index contributed by atoms with van der Waals surface area (Å²) in [5, 5.41) is 5.94. The highest BCUT2D eigenvalue weighted by molar-refractivity contribution is 5.91. The van der Waals surface area contributed by atoms with Crippen molar-refractivity contribution in [3.63, 3.8) is 0 Å². The van der Waals surface area contributed by atoms with E-state index < -0.39 is 0 Å². The molecular weight excluding hydrogens is 174 g/mol. The zero-order chi connectivity index (χ0) is 9.52. The number of hydrogen-bond acceptors (Lipinski definition) is 5. The number of ether oxygens (including phenoxy) is 1. The van der Waals surface area contributed by atoms with E-state index in [0.29, 0.717) is 18.8 Å². The topological polar surface area (TPSA) is 90.4 Å². The number of carbonyl (C=O) groups excluding carboxylic acids is 1. The second-order valence-electron chi connectivity index (χ2n) is 2.30. The lowest BCUT2D eigenvalue weighted by Gasteiger charge is -2.01. The summed E-state index contributed by atoms with van der Waals surface area (Å²) in [6.07, 6.45) is 2.74. The quantitative estimate of drug-likeness (QED) is 0.608. The second kappa shape index (κ2) is 5.28. The van der Waals surface area contributed by atoms with Crippen LogP contribution in [0.1, 0.15) is 0 Å². The van der Waals surface area contributed by atoms with Gasteiger partial charge in [0.2, 0.25) is 5.91 Å². The number of nitrogens with two attached hydrogens (primary N) is 1. The molecule has 0 aliphatic heterocycles. The first-order valence-electron chi connectivity index (χ1n) is 3.80. The fraction of sp³-hybridized carbons (Fsp3) is 0.429. The molecule has 0 saturated carbocycles. The Labute approximate surface area is 75.0 Å². The van der Waals surface area contributed by atoms with Crippen molar-refractivity contribution >= 4 is 11.6 Å². The molecule has 13 heavy (non-hydrogen) atoms. The maximum atomic E-state index is 11.0. The molecule has 0 aromatic carbocycles. The van der Waals surface area contributed by atoms with Gasteiger partial charge in [-0.3, -0.25) is 4.79 Å². The van der Waals surface area contributed by atoms with Gasteiger partial charge < -0.3 is 20.3 Å². The maximum Gasteiger partial charge on any atom is 0.250 e. The third-order valence-electron chi connectivity index (χ3n) is 1.21. The second-order valence-corrected chi connectivity index (χ2v) is 2.30. The van der Waals surface area contributed by atoms with Crippen LogP contribution >= 0.6 is 0 Å². The summed E-state index contributed by atoms with van der Waals surface area (Å²) in [4.78, 5) is 11.0. The van der Waals surface area contributed by atoms with Crippen LogP contribution in [0, 0.1) is 0 Å². The molecule has 0 aliphatic carbocycles. The van der Waals surface area contributed by atoms with E-state index in [0.717, 1.165) is 0 Å². The lowest BCUT2D eigenvalue weighted by molar-refractivity contribution is -0.120. The van der Waals surface area contributed by atoms with Gasteiger partial charge in [0.15, 0.2) is 0 Å². The molecule has 0 radical (unpaired) electrons. The van der Waals surface area contributed by atoms with Crippen LogP contribution < -0.4 is 11.1 Å². The van der Waals surface area contributed by atoms with Crippen molar-refractivity contribution in [2.24, 2.45) is 5.73 Å². The molecule has 0 saturated heterocycles. The molecule has 1 aromatic heterocycles. The highest BCUT2D eigenvalue weighted by Crippen LogP contribution is 2.02. The smallest absolute Gasteiger partial charge is 0.250 e. The SMILES string of the molecule is NCCOCC(=O)Nc1cnoc1. The lowest BCUT2D eigenvalue weighted by Crippen LogP contribution is -2.20. The minimum Gasteiger partial charge on any atom is -0.370 e. The van der Waals surface area contributed by atoms with Crippen LogP contribution in [-0.4, -0.2) is 30.8 Å². The number of aromatic nitrogens is 1. The predicted octanol–water partition coefficient (Wildman–Crippen LogP) is -0.412. The number of hydrogen-bond donors (Lipinski definition) is 2. The van der Waals surface area contributed by atoms with Gasteiger partial charge >= 0.3 is 0 Å². The normalized spacial score (nSPS) is 9.92. The number of anilines is 1. The van der Waals surface area contributed by atoms with Crippen LogP contribution in [0.25, 0.3) is 0 Å². The Morgan fingerprint density at radius 2 is 2.62 bits per heavy atom. The third-order valence-corrected chi connectivity index (χ3v) is 1.21. The van der Waals surface area contributed by atoms with Gasteiger partial charge in [-0.2, -0.15) is 0 Å². The van der Waals surface area contributed by atoms with Gasteiger partial charge in [-0.05, 0) is 0 Å². The summed E-state index contributed by atoms with van der Waals surface area (Å²) in [7, 11) is 0. The first-order valence-corrected chi connectivity index (χ1v) is 3.80. The molecule has 72 valence electrons. The van der Waals surface area contributed by atoms with Crippen molar-refractivity contribution in [2.45, 2.75) is 0 Å². The first kappa shape index (κ1) is 9.69. The van der Waals surface area contributed by atoms with Crippen molar-refractivity contribution < 1.29 is 14.1 Å². The average molecular weight is 185 g/mol. The van der Waals surface area contributed by atoms with Crippen LogP contribution in [0.3, 0.4) is 0 Å². The highest BCUT2D eigenvalue weighted by Gasteiger charge is 2.02. The number of amides is 1. The van der Waals surface area contributed by atoms with Gasteiger partial charge in [0.05, 0.1) is 12.8 Å². The summed E-state index contributed by atoms with van der Waals surface area (Å²) in [6, 6.07) is 0. The van der Waals surface area contributed by atoms with Crippen molar-refractivity contribution in [1.82, 2.24) is 5.16 Å². The molecule has 0 spiro atoms. The molecule has 1 amide bonds. The first-order chi connectivity index (χ1) is 6.33. The molecule has 0 bridgehead atoms. The lowest BCUT2D eigenvalue weighted by atomic mass is 10.5. The van der Waals surface area contributed by atoms with E-state index in [2.05, 4.69) is 15.0 Å². The van der Waals surface area contributed by atoms with E-state index in [1.165, 1.54) is 12.5 Å². The standard InChI is InChI=1S/C7H11N3O3/c8-1-2-12-5-7(11)10-6-3-9-13-4-6/h3-4H,1-2,5,8H2,(H,10,11). The van der Waals surface area contributed by atoms with Gasteiger partial charge in [0.25, 0.3) is 0 Å². The number of carbonyl (C=O) groups is 1. The highest BCUT2D eigenvalue weighted by atomic mass is 16.5. The van der Waals surface area contributed by atoms with Gasteiger partial charge in [-0.25, -0.2) is 0 Å². The van der Waals surface area contributed by atoms with E-state index in [9.17, 15) is 4.79 Å². The Morgan fingerprint density at radius 1 is 1.77 bits per heavy atom. The molecule has 6 heteroatoms. The molecule has 3 N–H and O–H groups in total. The molecule has 0 fully saturated rings. The molecule has 0 unspecified atom stereocenters. The van der Waals surface area contributed by atoms with E-state index >= 15 is 0 Å². The maximum absolute atomic E-state index is 11.0. The summed E-state index contributed by atoms with van der Waals surface area (Å²) in [5.41, 5.74) is 5.68. The van der Waals surface area contributed by atoms with Crippen LogP contribution in [0.15, 0.2) is 17.0 Å². The summed E-state index contributed by atoms with van der Waals surface area (Å²) >= 11 is 0. The van der Waals surface area contributed by atoms with Crippen LogP contribution in [0.2, 0.25) is 0 Å². The zero-order valence-corrected chi connectivity index (χ0v) is 7.03. The van der Waals surface area contributed by atoms with Crippen LogP contribution in [0.4, 0.5) is 5.69 Å².